The number of ether oxygens (including phenoxy) is 2. The first-order valence-corrected chi connectivity index (χ1v) is 10.5. The lowest BCUT2D eigenvalue weighted by molar-refractivity contribution is 0.0917. The van der Waals surface area contributed by atoms with Gasteiger partial charge in [0.2, 0.25) is 0 Å². The Morgan fingerprint density at radius 1 is 1.21 bits per heavy atom. The number of nitrogens with one attached hydrogen (secondary N) is 1. The van der Waals surface area contributed by atoms with Crippen molar-refractivity contribution in [2.45, 2.75) is 20.0 Å². The number of aryl methyl sites for hydroxylation is 1. The maximum Gasteiger partial charge on any atom is 0.257 e. The summed E-state index contributed by atoms with van der Waals surface area (Å²) < 4.78 is 11.2. The van der Waals surface area contributed by atoms with E-state index in [9.17, 15) is 4.79 Å². The minimum Gasteiger partial charge on any atom is -0.488 e. The summed E-state index contributed by atoms with van der Waals surface area (Å²) in [5.74, 6) is 3.37. The Labute approximate surface area is 194 Å². The van der Waals surface area contributed by atoms with E-state index in [-0.39, 0.29) is 12.0 Å². The summed E-state index contributed by atoms with van der Waals surface area (Å²) in [6.45, 7) is 4.14. The predicted molar refractivity (Wildman–Crippen MR) is 131 cm³/mol. The molecule has 0 radical (unpaired) electrons. The number of aromatic nitrogens is 2. The van der Waals surface area contributed by atoms with Gasteiger partial charge in [0.25, 0.3) is 5.91 Å². The molecular weight excluding hydrogens is 416 g/mol. The first-order valence-electron chi connectivity index (χ1n) is 10.5. The number of carbonyl (C=O) groups excluding carboxylic acids is 1. The molecule has 7 nitrogen and oxygen atoms in total. The largest absolute Gasteiger partial charge is 0.488 e. The number of hydrogen-bond donors (Lipinski definition) is 1. The third kappa shape index (κ3) is 5.88. The average molecular weight is 445 g/mol. The molecule has 1 heterocycles. The molecule has 0 aliphatic rings. The van der Waals surface area contributed by atoms with Crippen LogP contribution in [0, 0.1) is 19.3 Å². The van der Waals surface area contributed by atoms with E-state index < -0.39 is 0 Å². The number of methoxy groups -OCH3 is 1. The Bertz CT molecular complexity index is 1170. The molecule has 0 bridgehead atoms. The molecule has 7 heteroatoms. The van der Waals surface area contributed by atoms with Gasteiger partial charge in [-0.1, -0.05) is 18.1 Å². The molecule has 1 N–H and O–H groups in total. The number of terminal acetylenes is 1. The van der Waals surface area contributed by atoms with Gasteiger partial charge >= 0.3 is 0 Å². The Morgan fingerprint density at radius 3 is 2.64 bits per heavy atom. The Hall–Kier alpha value is -3.89. The summed E-state index contributed by atoms with van der Waals surface area (Å²) in [7, 11) is 5.49. The highest BCUT2D eigenvalue weighted by molar-refractivity contribution is 6.05. The highest BCUT2D eigenvalue weighted by atomic mass is 16.5. The Kier molecular flexibility index (Phi) is 7.65. The zero-order valence-electron chi connectivity index (χ0n) is 19.5. The summed E-state index contributed by atoms with van der Waals surface area (Å²) >= 11 is 0. The fourth-order valence-electron chi connectivity index (χ4n) is 3.41. The third-order valence-electron chi connectivity index (χ3n) is 4.91. The van der Waals surface area contributed by atoms with E-state index in [0.29, 0.717) is 23.7 Å². The molecule has 2 aromatic carbocycles. The molecule has 1 atom stereocenters. The van der Waals surface area contributed by atoms with Crippen LogP contribution in [0.2, 0.25) is 0 Å². The van der Waals surface area contributed by atoms with Gasteiger partial charge in [-0.05, 0) is 49.2 Å². The van der Waals surface area contributed by atoms with Crippen molar-refractivity contribution in [2.75, 3.05) is 38.0 Å². The van der Waals surface area contributed by atoms with Gasteiger partial charge in [0.1, 0.15) is 11.9 Å². The minimum atomic E-state index is -0.328. The smallest absolute Gasteiger partial charge is 0.257 e. The van der Waals surface area contributed by atoms with Crippen molar-refractivity contribution in [3.8, 4) is 29.2 Å². The second-order valence-electron chi connectivity index (χ2n) is 7.87. The molecular formula is C26H28N4O3. The lowest BCUT2D eigenvalue weighted by Crippen LogP contribution is -2.19. The topological polar surface area (TPSA) is 76.6 Å². The van der Waals surface area contributed by atoms with E-state index in [2.05, 4.69) is 21.2 Å². The van der Waals surface area contributed by atoms with Crippen LogP contribution in [0.5, 0.6) is 5.75 Å². The molecule has 0 fully saturated rings. The van der Waals surface area contributed by atoms with Crippen molar-refractivity contribution in [3.63, 3.8) is 0 Å². The fourth-order valence-corrected chi connectivity index (χ4v) is 3.41. The highest BCUT2D eigenvalue weighted by Gasteiger charge is 2.16. The van der Waals surface area contributed by atoms with Crippen molar-refractivity contribution in [1.29, 1.82) is 0 Å². The number of hydrogen-bond acceptors (Lipinski definition) is 6. The van der Waals surface area contributed by atoms with Crippen LogP contribution in [0.15, 0.2) is 48.8 Å². The molecule has 0 saturated carbocycles. The molecule has 0 spiro atoms. The lowest BCUT2D eigenvalue weighted by Gasteiger charge is -2.19. The highest BCUT2D eigenvalue weighted by Crippen LogP contribution is 2.33. The molecule has 1 aromatic heterocycles. The summed E-state index contributed by atoms with van der Waals surface area (Å²) in [6.07, 6.45) is 8.79. The molecule has 0 saturated heterocycles. The number of rotatable bonds is 8. The van der Waals surface area contributed by atoms with Crippen LogP contribution < -0.4 is 15.0 Å². The average Bonchev–Trinajstić information content (AvgIpc) is 2.79. The van der Waals surface area contributed by atoms with E-state index in [4.69, 9.17) is 15.9 Å². The van der Waals surface area contributed by atoms with Gasteiger partial charge in [-0.15, -0.1) is 6.42 Å². The molecule has 0 aliphatic heterocycles. The van der Waals surface area contributed by atoms with E-state index >= 15 is 0 Å². The first-order chi connectivity index (χ1) is 15.8. The summed E-state index contributed by atoms with van der Waals surface area (Å²) in [4.78, 5) is 23.4. The Balaban J connectivity index is 2.07. The van der Waals surface area contributed by atoms with Crippen LogP contribution in [0.25, 0.3) is 11.1 Å². The van der Waals surface area contributed by atoms with Gasteiger partial charge in [-0.3, -0.25) is 9.78 Å². The molecule has 0 unspecified atom stereocenters. The second-order valence-corrected chi connectivity index (χ2v) is 7.87. The van der Waals surface area contributed by atoms with Gasteiger partial charge < -0.3 is 19.7 Å². The van der Waals surface area contributed by atoms with Crippen molar-refractivity contribution < 1.29 is 14.3 Å². The van der Waals surface area contributed by atoms with Gasteiger partial charge in [-0.25, -0.2) is 4.98 Å². The first kappa shape index (κ1) is 23.8. The van der Waals surface area contributed by atoms with E-state index in [1.165, 1.54) is 6.20 Å². The molecule has 3 rings (SSSR count). The van der Waals surface area contributed by atoms with Gasteiger partial charge in [-0.2, -0.15) is 0 Å². The SMILES string of the molecule is C#Cc1c(-c2cc(O[C@@H](C)COC)cc(C(=O)Nc3cnc(C)cn3)c2)cccc1N(C)C. The fraction of sp³-hybridized carbons (Fsp3) is 0.269. The van der Waals surface area contributed by atoms with Crippen LogP contribution in [-0.4, -0.2) is 49.8 Å². The summed E-state index contributed by atoms with van der Waals surface area (Å²) in [6, 6.07) is 11.2. The summed E-state index contributed by atoms with van der Waals surface area (Å²) in [5.41, 5.74) is 4.43. The van der Waals surface area contributed by atoms with Gasteiger partial charge in [0, 0.05) is 26.8 Å². The number of anilines is 2. The standard InChI is InChI=1S/C26H28N4O3/c1-7-22-23(9-8-10-24(22)30(4)5)19-11-20(13-21(12-19)33-18(3)16-32-6)26(31)29-25-15-27-17(2)14-28-25/h1,8-15,18H,16H2,2-6H3,(H,28,29,31)/t18-/m0/s1. The molecule has 3 aromatic rings. The number of carbonyl (C=O) groups is 1. The zero-order chi connectivity index (χ0) is 24.0. The van der Waals surface area contributed by atoms with Gasteiger partial charge in [0.05, 0.1) is 35.9 Å². The van der Waals surface area contributed by atoms with Crippen LogP contribution in [0.3, 0.4) is 0 Å². The van der Waals surface area contributed by atoms with Crippen LogP contribution in [0.4, 0.5) is 11.5 Å². The maximum atomic E-state index is 13.1. The quantitative estimate of drug-likeness (QED) is 0.526. The molecule has 1 amide bonds. The zero-order valence-corrected chi connectivity index (χ0v) is 19.5. The number of amides is 1. The predicted octanol–water partition coefficient (Wildman–Crippen LogP) is 4.17. The van der Waals surface area contributed by atoms with Crippen LogP contribution >= 0.6 is 0 Å². The minimum absolute atomic E-state index is 0.204. The maximum absolute atomic E-state index is 13.1. The van der Waals surface area contributed by atoms with Crippen LogP contribution in [0.1, 0.15) is 28.5 Å². The van der Waals surface area contributed by atoms with E-state index in [1.807, 2.05) is 57.1 Å². The van der Waals surface area contributed by atoms with E-state index in [1.54, 1.807) is 25.4 Å². The van der Waals surface area contributed by atoms with Gasteiger partial charge in [0.15, 0.2) is 5.82 Å². The second kappa shape index (κ2) is 10.6. The summed E-state index contributed by atoms with van der Waals surface area (Å²) in [5, 5.41) is 2.79. The van der Waals surface area contributed by atoms with Crippen LogP contribution in [-0.2, 0) is 4.74 Å². The normalized spacial score (nSPS) is 11.4. The monoisotopic (exact) mass is 444 g/mol. The molecule has 0 aliphatic carbocycles. The third-order valence-corrected chi connectivity index (χ3v) is 4.91. The Morgan fingerprint density at radius 2 is 2.00 bits per heavy atom. The van der Waals surface area contributed by atoms with Crippen molar-refractivity contribution in [3.05, 3.63) is 65.6 Å². The number of nitrogens with zero attached hydrogens (tertiary/aromatic N) is 3. The number of benzene rings is 2. The van der Waals surface area contributed by atoms with Crippen molar-refractivity contribution in [2.24, 2.45) is 0 Å². The van der Waals surface area contributed by atoms with Crippen molar-refractivity contribution in [1.82, 2.24) is 9.97 Å². The lowest BCUT2D eigenvalue weighted by atomic mass is 9.96. The van der Waals surface area contributed by atoms with Crippen molar-refractivity contribution >= 4 is 17.4 Å². The van der Waals surface area contributed by atoms with E-state index in [0.717, 1.165) is 28.1 Å². The molecule has 33 heavy (non-hydrogen) atoms. The molecule has 170 valence electrons.